The van der Waals surface area contributed by atoms with Crippen LogP contribution in [0.5, 0.6) is 0 Å². The number of amides is 4. The molecule has 61 heavy (non-hydrogen) atoms. The summed E-state index contributed by atoms with van der Waals surface area (Å²) in [5, 5.41) is 7.64. The van der Waals surface area contributed by atoms with E-state index >= 15 is 0 Å². The van der Waals surface area contributed by atoms with E-state index in [4.69, 9.17) is 19.4 Å². The number of likely N-dealkylation sites (tertiary alicyclic amines) is 2. The number of ether oxygens (including phenoxy) is 2. The van der Waals surface area contributed by atoms with Crippen molar-refractivity contribution in [3.63, 3.8) is 0 Å². The summed E-state index contributed by atoms with van der Waals surface area (Å²) in [6, 6.07) is 19.5. The minimum Gasteiger partial charge on any atom is -0.453 e. The number of benzene rings is 3. The number of alkyl carbamates (subject to hydrolysis) is 2. The molecule has 2 saturated heterocycles. The highest BCUT2D eigenvalue weighted by Crippen LogP contribution is 2.58. The van der Waals surface area contributed by atoms with Crippen LogP contribution >= 0.6 is 0 Å². The normalized spacial score (nSPS) is 20.2. The first-order valence-electron chi connectivity index (χ1n) is 21.5. The van der Waals surface area contributed by atoms with Crippen LogP contribution in [-0.4, -0.2) is 93.1 Å². The predicted molar refractivity (Wildman–Crippen MR) is 232 cm³/mol. The first kappa shape index (κ1) is 41.5. The molecule has 5 aromatic rings. The molecule has 0 radical (unpaired) electrons. The van der Waals surface area contributed by atoms with E-state index in [0.29, 0.717) is 19.5 Å². The highest BCUT2D eigenvalue weighted by molar-refractivity contribution is 5.91. The highest BCUT2D eigenvalue weighted by Gasteiger charge is 2.55. The number of rotatable bonds is 12. The van der Waals surface area contributed by atoms with Gasteiger partial charge in [-0.2, -0.15) is 0 Å². The number of aromatic nitrogens is 4. The van der Waals surface area contributed by atoms with Crippen molar-refractivity contribution in [1.29, 1.82) is 0 Å². The van der Waals surface area contributed by atoms with Crippen LogP contribution in [0, 0.1) is 17.3 Å². The zero-order chi connectivity index (χ0) is 43.0. The molecule has 8 rings (SSSR count). The van der Waals surface area contributed by atoms with Crippen LogP contribution in [-0.2, 0) is 19.1 Å². The molecular weight excluding hydrogens is 773 g/mol. The molecule has 4 amide bonds. The van der Waals surface area contributed by atoms with Crippen molar-refractivity contribution in [3.8, 4) is 33.6 Å². The summed E-state index contributed by atoms with van der Waals surface area (Å²) >= 11 is 0. The summed E-state index contributed by atoms with van der Waals surface area (Å²) in [5.41, 5.74) is 6.05. The molecule has 4 N–H and O–H groups in total. The first-order chi connectivity index (χ1) is 29.4. The molecule has 3 aromatic carbocycles. The Morgan fingerprint density at radius 2 is 1.36 bits per heavy atom. The van der Waals surface area contributed by atoms with Gasteiger partial charge in [0.05, 0.1) is 50.1 Å². The Morgan fingerprint density at radius 1 is 0.770 bits per heavy atom. The van der Waals surface area contributed by atoms with Crippen LogP contribution in [0.15, 0.2) is 73.1 Å². The summed E-state index contributed by atoms with van der Waals surface area (Å²) in [5.74, 6) is 1.41. The molecular formula is C47H56N8O6. The van der Waals surface area contributed by atoms with Crippen LogP contribution in [0.1, 0.15) is 90.0 Å². The van der Waals surface area contributed by atoms with Gasteiger partial charge in [-0.15, -0.1) is 0 Å². The largest absolute Gasteiger partial charge is 0.453 e. The lowest BCUT2D eigenvalue weighted by Crippen LogP contribution is -2.51. The summed E-state index contributed by atoms with van der Waals surface area (Å²) in [7, 11) is 2.60. The molecule has 2 aliphatic heterocycles. The highest BCUT2D eigenvalue weighted by atomic mass is 16.5. The predicted octanol–water partition coefficient (Wildman–Crippen LogP) is 8.16. The standard InChI is InChI=1S/C47H56N8O6/c1-7-28-17-20-54(43(56)35(8-2)52-45(58)60-5)40(28)42-49-24-36(51-42)30-11-9-29(10-12-30)31-13-14-33-22-34(16-15-32(33)21-31)37-25-48-41(50-37)38-23-47(18-19-47)26-55(38)44(57)39(27(3)4)53-46(59)61-6/h9-16,21-22,24-25,27-28,35,38-40H,7-8,17-20,23,26H2,1-6H3,(H,48,50)(H,49,51)(H,52,58)(H,53,59)/t28-,35+,38+,39?,40+/m1/s1. The van der Waals surface area contributed by atoms with Crippen LogP contribution in [0.2, 0.25) is 0 Å². The molecule has 1 aliphatic carbocycles. The number of carbonyl (C=O) groups excluding carboxylic acids is 4. The lowest BCUT2D eigenvalue weighted by molar-refractivity contribution is -0.136. The van der Waals surface area contributed by atoms with Crippen LogP contribution in [0.3, 0.4) is 0 Å². The minimum absolute atomic E-state index is 0.105. The number of hydrogen-bond donors (Lipinski definition) is 4. The molecule has 3 fully saturated rings. The molecule has 0 bridgehead atoms. The van der Waals surface area contributed by atoms with E-state index in [-0.39, 0.29) is 41.1 Å². The van der Waals surface area contributed by atoms with E-state index in [2.05, 4.69) is 88.2 Å². The van der Waals surface area contributed by atoms with E-state index in [1.54, 1.807) is 0 Å². The molecule has 3 aliphatic rings. The number of nitrogens with zero attached hydrogens (tertiary/aromatic N) is 4. The van der Waals surface area contributed by atoms with Gasteiger partial charge < -0.3 is 39.9 Å². The Balaban J connectivity index is 0.964. The first-order valence-corrected chi connectivity index (χ1v) is 21.5. The maximum atomic E-state index is 13.9. The van der Waals surface area contributed by atoms with Crippen molar-refractivity contribution in [2.75, 3.05) is 27.3 Å². The van der Waals surface area contributed by atoms with E-state index < -0.39 is 24.3 Å². The smallest absolute Gasteiger partial charge is 0.407 e. The third-order valence-corrected chi connectivity index (χ3v) is 13.1. The Labute approximate surface area is 356 Å². The zero-order valence-electron chi connectivity index (χ0n) is 35.8. The maximum Gasteiger partial charge on any atom is 0.407 e. The van der Waals surface area contributed by atoms with Gasteiger partial charge in [-0.3, -0.25) is 9.59 Å². The minimum atomic E-state index is -0.688. The maximum absolute atomic E-state index is 13.9. The fraction of sp³-hybridized carbons (Fsp3) is 0.447. The number of fused-ring (bicyclic) bond motifs is 1. The molecule has 5 atom stereocenters. The molecule has 320 valence electrons. The SMILES string of the molecule is CC[C@@H]1CCN(C(=O)[C@H](CC)NC(=O)OC)[C@@H]1c1ncc(-c2ccc(-c3ccc4cc(-c5cnc([C@@H]6CC7(CC7)CN6C(=O)C(NC(=O)OC)C(C)C)[nH]5)ccc4c3)cc2)[nH]1. The lowest BCUT2D eigenvalue weighted by Gasteiger charge is -2.30. The fourth-order valence-corrected chi connectivity index (χ4v) is 9.31. The third kappa shape index (κ3) is 8.32. The summed E-state index contributed by atoms with van der Waals surface area (Å²) in [6.45, 7) is 9.12. The average Bonchev–Trinajstić information content (AvgIpc) is 3.77. The van der Waals surface area contributed by atoms with Crippen molar-refractivity contribution in [2.24, 2.45) is 17.3 Å². The van der Waals surface area contributed by atoms with Crippen molar-refractivity contribution in [3.05, 3.63) is 84.7 Å². The van der Waals surface area contributed by atoms with Gasteiger partial charge in [0.25, 0.3) is 0 Å². The molecule has 4 heterocycles. The van der Waals surface area contributed by atoms with Gasteiger partial charge >= 0.3 is 12.2 Å². The molecule has 14 heteroatoms. The monoisotopic (exact) mass is 828 g/mol. The van der Waals surface area contributed by atoms with Crippen LogP contribution < -0.4 is 10.6 Å². The van der Waals surface area contributed by atoms with Crippen molar-refractivity contribution < 1.29 is 28.7 Å². The fourth-order valence-electron chi connectivity index (χ4n) is 9.31. The van der Waals surface area contributed by atoms with Crippen molar-refractivity contribution >= 4 is 34.8 Å². The van der Waals surface area contributed by atoms with E-state index in [1.807, 2.05) is 43.0 Å². The number of hydrogen-bond acceptors (Lipinski definition) is 8. The Morgan fingerprint density at radius 3 is 2.00 bits per heavy atom. The molecule has 2 aromatic heterocycles. The Hall–Kier alpha value is -6.18. The molecule has 14 nitrogen and oxygen atoms in total. The molecule has 1 unspecified atom stereocenters. The second kappa shape index (κ2) is 17.1. The van der Waals surface area contributed by atoms with Gasteiger partial charge in [0.2, 0.25) is 11.8 Å². The van der Waals surface area contributed by atoms with Gasteiger partial charge in [-0.25, -0.2) is 19.6 Å². The van der Waals surface area contributed by atoms with Crippen molar-refractivity contribution in [2.45, 2.75) is 90.4 Å². The van der Waals surface area contributed by atoms with Crippen molar-refractivity contribution in [1.82, 2.24) is 40.4 Å². The summed E-state index contributed by atoms with van der Waals surface area (Å²) < 4.78 is 9.58. The number of carbonyl (C=O) groups is 4. The van der Waals surface area contributed by atoms with Gasteiger partial charge in [0.1, 0.15) is 23.7 Å². The van der Waals surface area contributed by atoms with Gasteiger partial charge in [-0.1, -0.05) is 82.6 Å². The Kier molecular flexibility index (Phi) is 11.6. The average molecular weight is 829 g/mol. The second-order valence-electron chi connectivity index (χ2n) is 17.3. The number of imidazole rings is 2. The number of aromatic amines is 2. The lowest BCUT2D eigenvalue weighted by atomic mass is 9.96. The van der Waals surface area contributed by atoms with E-state index in [1.165, 1.54) is 14.2 Å². The van der Waals surface area contributed by atoms with Crippen LogP contribution in [0.4, 0.5) is 9.59 Å². The summed E-state index contributed by atoms with van der Waals surface area (Å²) in [4.78, 5) is 72.0. The third-order valence-electron chi connectivity index (χ3n) is 13.1. The van der Waals surface area contributed by atoms with Gasteiger partial charge in [-0.05, 0) is 89.0 Å². The second-order valence-corrected chi connectivity index (χ2v) is 17.3. The quantitative estimate of drug-likeness (QED) is 0.0975. The zero-order valence-corrected chi connectivity index (χ0v) is 35.8. The van der Waals surface area contributed by atoms with Gasteiger partial charge in [0, 0.05) is 18.7 Å². The Bertz CT molecular complexity index is 2420. The summed E-state index contributed by atoms with van der Waals surface area (Å²) in [6.07, 6.45) is 7.70. The molecule has 1 saturated carbocycles. The van der Waals surface area contributed by atoms with Gasteiger partial charge in [0.15, 0.2) is 0 Å². The topological polar surface area (TPSA) is 175 Å². The number of methoxy groups -OCH3 is 2. The molecule has 1 spiro atoms. The van der Waals surface area contributed by atoms with E-state index in [9.17, 15) is 19.2 Å². The van der Waals surface area contributed by atoms with E-state index in [0.717, 1.165) is 88.2 Å². The number of nitrogens with one attached hydrogen (secondary N) is 4. The van der Waals surface area contributed by atoms with Crippen LogP contribution in [0.25, 0.3) is 44.4 Å². The number of H-pyrrole nitrogens is 2.